The molecule has 0 radical (unpaired) electrons. The van der Waals surface area contributed by atoms with E-state index in [1.165, 1.54) is 12.8 Å². The van der Waals surface area contributed by atoms with Gasteiger partial charge < -0.3 is 4.74 Å². The molecular weight excluding hydrogens is 216 g/mol. The van der Waals surface area contributed by atoms with Crippen molar-refractivity contribution >= 4 is 15.9 Å². The Labute approximate surface area is 84.0 Å². The van der Waals surface area contributed by atoms with Crippen LogP contribution in [0.15, 0.2) is 0 Å². The quantitative estimate of drug-likeness (QED) is 0.682. The topological polar surface area (TPSA) is 9.23 Å². The molecule has 1 aliphatic heterocycles. The first-order valence-electron chi connectivity index (χ1n) is 4.74. The Hall–Kier alpha value is 0.440. The van der Waals surface area contributed by atoms with Crippen molar-refractivity contribution in [3.05, 3.63) is 0 Å². The van der Waals surface area contributed by atoms with Gasteiger partial charge >= 0.3 is 0 Å². The summed E-state index contributed by atoms with van der Waals surface area (Å²) in [5.74, 6) is 0.762. The number of hydrogen-bond acceptors (Lipinski definition) is 1. The Balaban J connectivity index is 2.45. The van der Waals surface area contributed by atoms with E-state index in [0.717, 1.165) is 19.1 Å². The Morgan fingerprint density at radius 1 is 1.58 bits per heavy atom. The second-order valence-electron chi connectivity index (χ2n) is 4.53. The average Bonchev–Trinajstić information content (AvgIpc) is 2.32. The number of rotatable bonds is 3. The molecule has 2 atom stereocenters. The average molecular weight is 235 g/mol. The predicted octanol–water partition coefficient (Wildman–Crippen LogP) is 3.22. The van der Waals surface area contributed by atoms with E-state index >= 15 is 0 Å². The monoisotopic (exact) mass is 234 g/mol. The van der Waals surface area contributed by atoms with Gasteiger partial charge in [0.25, 0.3) is 0 Å². The second kappa shape index (κ2) is 4.10. The van der Waals surface area contributed by atoms with E-state index in [1.807, 2.05) is 0 Å². The number of alkyl halides is 1. The van der Waals surface area contributed by atoms with Crippen LogP contribution in [0.4, 0.5) is 0 Å². The molecule has 0 amide bonds. The molecule has 1 heterocycles. The van der Waals surface area contributed by atoms with Crippen molar-refractivity contribution in [2.24, 2.45) is 11.3 Å². The van der Waals surface area contributed by atoms with Gasteiger partial charge in [0.1, 0.15) is 0 Å². The van der Waals surface area contributed by atoms with Crippen LogP contribution in [-0.4, -0.2) is 18.0 Å². The fourth-order valence-corrected chi connectivity index (χ4v) is 2.88. The largest absolute Gasteiger partial charge is 0.381 e. The maximum absolute atomic E-state index is 5.41. The molecule has 0 aromatic carbocycles. The van der Waals surface area contributed by atoms with Crippen LogP contribution in [0.1, 0.15) is 33.6 Å². The first-order valence-corrected chi connectivity index (χ1v) is 5.66. The normalized spacial score (nSPS) is 27.5. The lowest BCUT2D eigenvalue weighted by Gasteiger charge is -2.31. The zero-order chi connectivity index (χ0) is 9.19. The lowest BCUT2D eigenvalue weighted by atomic mass is 9.75. The molecule has 12 heavy (non-hydrogen) atoms. The third kappa shape index (κ3) is 2.74. The van der Waals surface area contributed by atoms with Crippen LogP contribution >= 0.6 is 15.9 Å². The van der Waals surface area contributed by atoms with Gasteiger partial charge in [-0.2, -0.15) is 0 Å². The van der Waals surface area contributed by atoms with Crippen LogP contribution in [0.5, 0.6) is 0 Å². The predicted molar refractivity (Wildman–Crippen MR) is 55.7 cm³/mol. The Bertz CT molecular complexity index is 137. The van der Waals surface area contributed by atoms with Crippen LogP contribution in [0.3, 0.4) is 0 Å². The molecule has 72 valence electrons. The summed E-state index contributed by atoms with van der Waals surface area (Å²) in [6.45, 7) is 8.85. The lowest BCUT2D eigenvalue weighted by molar-refractivity contribution is 0.137. The van der Waals surface area contributed by atoms with Gasteiger partial charge in [-0.15, -0.1) is 0 Å². The highest BCUT2D eigenvalue weighted by Gasteiger charge is 2.33. The van der Waals surface area contributed by atoms with E-state index in [2.05, 4.69) is 36.7 Å². The third-order valence-electron chi connectivity index (χ3n) is 2.84. The molecule has 0 saturated carbocycles. The molecule has 0 aromatic heterocycles. The maximum Gasteiger partial charge on any atom is 0.0500 e. The van der Waals surface area contributed by atoms with Crippen LogP contribution < -0.4 is 0 Å². The molecule has 0 bridgehead atoms. The van der Waals surface area contributed by atoms with Crippen molar-refractivity contribution in [2.45, 2.75) is 38.4 Å². The zero-order valence-corrected chi connectivity index (χ0v) is 9.86. The van der Waals surface area contributed by atoms with Crippen LogP contribution in [0.25, 0.3) is 0 Å². The molecule has 0 aliphatic carbocycles. The Morgan fingerprint density at radius 3 is 2.67 bits per heavy atom. The third-order valence-corrected chi connectivity index (χ3v) is 3.17. The molecule has 2 heteroatoms. The first kappa shape index (κ1) is 10.5. The minimum Gasteiger partial charge on any atom is -0.381 e. The lowest BCUT2D eigenvalue weighted by Crippen LogP contribution is -2.26. The smallest absolute Gasteiger partial charge is 0.0500 e. The van der Waals surface area contributed by atoms with Crippen molar-refractivity contribution in [1.29, 1.82) is 0 Å². The summed E-state index contributed by atoms with van der Waals surface area (Å²) in [4.78, 5) is 0.619. The highest BCUT2D eigenvalue weighted by Crippen LogP contribution is 2.38. The molecule has 1 saturated heterocycles. The number of ether oxygens (including phenoxy) is 1. The summed E-state index contributed by atoms with van der Waals surface area (Å²) in [5, 5.41) is 0. The molecule has 1 fully saturated rings. The highest BCUT2D eigenvalue weighted by molar-refractivity contribution is 9.09. The van der Waals surface area contributed by atoms with Gasteiger partial charge in [-0.1, -0.05) is 36.7 Å². The molecular formula is C10H19BrO. The molecule has 0 N–H and O–H groups in total. The fourth-order valence-electron chi connectivity index (χ4n) is 2.04. The van der Waals surface area contributed by atoms with Gasteiger partial charge in [0.2, 0.25) is 0 Å². The molecule has 1 nitrogen and oxygen atoms in total. The van der Waals surface area contributed by atoms with E-state index in [1.54, 1.807) is 0 Å². The van der Waals surface area contributed by atoms with Crippen molar-refractivity contribution < 1.29 is 4.74 Å². The summed E-state index contributed by atoms with van der Waals surface area (Å²) in [6, 6.07) is 0. The van der Waals surface area contributed by atoms with Crippen molar-refractivity contribution in [2.75, 3.05) is 13.2 Å². The summed E-state index contributed by atoms with van der Waals surface area (Å²) in [5.41, 5.74) is 0.430. The van der Waals surface area contributed by atoms with Crippen molar-refractivity contribution in [3.63, 3.8) is 0 Å². The van der Waals surface area contributed by atoms with Crippen LogP contribution in [-0.2, 0) is 4.74 Å². The van der Waals surface area contributed by atoms with E-state index in [4.69, 9.17) is 4.74 Å². The number of halogens is 1. The SMILES string of the molecule is CC(Br)CC(C)(C)C1CCOC1. The maximum atomic E-state index is 5.41. The summed E-state index contributed by atoms with van der Waals surface area (Å²) in [7, 11) is 0. The molecule has 1 rings (SSSR count). The van der Waals surface area contributed by atoms with Gasteiger partial charge in [0.05, 0.1) is 0 Å². The summed E-state index contributed by atoms with van der Waals surface area (Å²) < 4.78 is 5.41. The molecule has 2 unspecified atom stereocenters. The molecule has 0 spiro atoms. The minimum absolute atomic E-state index is 0.430. The number of hydrogen-bond donors (Lipinski definition) is 0. The van der Waals surface area contributed by atoms with E-state index < -0.39 is 0 Å². The minimum atomic E-state index is 0.430. The van der Waals surface area contributed by atoms with Gasteiger partial charge in [0.15, 0.2) is 0 Å². The zero-order valence-electron chi connectivity index (χ0n) is 8.27. The van der Waals surface area contributed by atoms with Crippen LogP contribution in [0.2, 0.25) is 0 Å². The van der Waals surface area contributed by atoms with E-state index in [-0.39, 0.29) is 0 Å². The van der Waals surface area contributed by atoms with Crippen LogP contribution in [0, 0.1) is 11.3 Å². The highest BCUT2D eigenvalue weighted by atomic mass is 79.9. The standard InChI is InChI=1S/C10H19BrO/c1-8(11)6-10(2,3)9-4-5-12-7-9/h8-9H,4-7H2,1-3H3. The van der Waals surface area contributed by atoms with Gasteiger partial charge in [-0.3, -0.25) is 0 Å². The first-order chi connectivity index (χ1) is 5.52. The summed E-state index contributed by atoms with van der Waals surface area (Å²) in [6.07, 6.45) is 2.48. The molecule has 1 aliphatic rings. The summed E-state index contributed by atoms with van der Waals surface area (Å²) >= 11 is 3.62. The second-order valence-corrected chi connectivity index (χ2v) is 6.10. The Morgan fingerprint density at radius 2 is 2.25 bits per heavy atom. The Kier molecular flexibility index (Phi) is 3.59. The van der Waals surface area contributed by atoms with E-state index in [0.29, 0.717) is 10.2 Å². The van der Waals surface area contributed by atoms with Crippen molar-refractivity contribution in [1.82, 2.24) is 0 Å². The fraction of sp³-hybridized carbons (Fsp3) is 1.00. The van der Waals surface area contributed by atoms with Gasteiger partial charge in [-0.05, 0) is 24.2 Å². The van der Waals surface area contributed by atoms with Gasteiger partial charge in [0, 0.05) is 18.0 Å². The molecule has 0 aromatic rings. The van der Waals surface area contributed by atoms with Crippen molar-refractivity contribution in [3.8, 4) is 0 Å². The van der Waals surface area contributed by atoms with E-state index in [9.17, 15) is 0 Å². The van der Waals surface area contributed by atoms with Gasteiger partial charge in [-0.25, -0.2) is 0 Å².